The van der Waals surface area contributed by atoms with Gasteiger partial charge in [-0.15, -0.1) is 5.10 Å². The first kappa shape index (κ1) is 14.0. The van der Waals surface area contributed by atoms with Crippen molar-refractivity contribution < 1.29 is 14.7 Å². The number of hydrogen-bond acceptors (Lipinski definition) is 4. The second-order valence-corrected chi connectivity index (χ2v) is 5.95. The lowest BCUT2D eigenvalue weighted by atomic mass is 9.78. The molecule has 2 fully saturated rings. The molecule has 0 spiro atoms. The molecule has 1 saturated carbocycles. The number of nitrogens with zero attached hydrogens (tertiary/aromatic N) is 4. The largest absolute Gasteiger partial charge is 0.476 e. The number of fused-ring (bicyclic) bond motifs is 1. The Morgan fingerprint density at radius 2 is 2.00 bits per heavy atom. The highest BCUT2D eigenvalue weighted by Crippen LogP contribution is 2.35. The predicted octanol–water partition coefficient (Wildman–Crippen LogP) is 1.16. The number of likely N-dealkylation sites (tertiary alicyclic amines) is 1. The van der Waals surface area contributed by atoms with Crippen molar-refractivity contribution >= 4 is 11.9 Å². The summed E-state index contributed by atoms with van der Waals surface area (Å²) in [5, 5.41) is 16.1. The van der Waals surface area contributed by atoms with Gasteiger partial charge in [0.05, 0.1) is 6.20 Å². The van der Waals surface area contributed by atoms with Crippen molar-refractivity contribution in [2.24, 2.45) is 5.92 Å². The Bertz CT molecular complexity index is 540. The first-order valence-corrected chi connectivity index (χ1v) is 7.58. The van der Waals surface area contributed by atoms with Gasteiger partial charge in [-0.05, 0) is 31.6 Å². The van der Waals surface area contributed by atoms with Crippen LogP contribution in [0.3, 0.4) is 0 Å². The molecule has 1 aromatic heterocycles. The Morgan fingerprint density at radius 1 is 1.24 bits per heavy atom. The van der Waals surface area contributed by atoms with Crippen LogP contribution in [0.2, 0.25) is 0 Å². The molecular formula is C14H20N4O3. The smallest absolute Gasteiger partial charge is 0.358 e. The van der Waals surface area contributed by atoms with Crippen LogP contribution in [0.1, 0.15) is 49.0 Å². The van der Waals surface area contributed by atoms with Crippen molar-refractivity contribution in [2.45, 2.75) is 51.1 Å². The van der Waals surface area contributed by atoms with Crippen LogP contribution in [0.25, 0.3) is 0 Å². The van der Waals surface area contributed by atoms with Gasteiger partial charge < -0.3 is 10.0 Å². The fourth-order valence-corrected chi connectivity index (χ4v) is 3.64. The quantitative estimate of drug-likeness (QED) is 0.903. The molecule has 1 amide bonds. The molecule has 7 heteroatoms. The van der Waals surface area contributed by atoms with Gasteiger partial charge >= 0.3 is 5.97 Å². The summed E-state index contributed by atoms with van der Waals surface area (Å²) in [6, 6.07) is 0.363. The summed E-state index contributed by atoms with van der Waals surface area (Å²) in [5.74, 6) is -0.464. The zero-order valence-corrected chi connectivity index (χ0v) is 11.9. The van der Waals surface area contributed by atoms with Gasteiger partial charge in [-0.25, -0.2) is 9.48 Å². The Morgan fingerprint density at radius 3 is 2.76 bits per heavy atom. The molecule has 2 heterocycles. The molecule has 0 radical (unpaired) electrons. The molecule has 3 rings (SSSR count). The zero-order chi connectivity index (χ0) is 14.8. The lowest BCUT2D eigenvalue weighted by Gasteiger charge is -2.44. The highest BCUT2D eigenvalue weighted by Gasteiger charge is 2.35. The van der Waals surface area contributed by atoms with E-state index in [9.17, 15) is 9.59 Å². The fraction of sp³-hybridized carbons (Fsp3) is 0.714. The van der Waals surface area contributed by atoms with Crippen molar-refractivity contribution in [1.29, 1.82) is 0 Å². The number of rotatable bonds is 3. The van der Waals surface area contributed by atoms with Crippen molar-refractivity contribution in [3.8, 4) is 0 Å². The average molecular weight is 292 g/mol. The van der Waals surface area contributed by atoms with Gasteiger partial charge in [0.15, 0.2) is 5.69 Å². The molecule has 2 aliphatic rings. The lowest BCUT2D eigenvalue weighted by Crippen LogP contribution is -2.50. The molecule has 114 valence electrons. The van der Waals surface area contributed by atoms with Crippen LogP contribution >= 0.6 is 0 Å². The number of aromatic nitrogens is 3. The van der Waals surface area contributed by atoms with Gasteiger partial charge in [-0.2, -0.15) is 0 Å². The van der Waals surface area contributed by atoms with E-state index in [0.29, 0.717) is 12.0 Å². The first-order chi connectivity index (χ1) is 10.1. The number of carboxylic acid groups (broad SMARTS) is 1. The number of carboxylic acids is 1. The maximum absolute atomic E-state index is 12.5. The SMILES string of the molecule is O=C(O)c1cn(CC(=O)N2CCC[C@H]3CCCC[C@H]32)nn1. The summed E-state index contributed by atoms with van der Waals surface area (Å²) >= 11 is 0. The third-order valence-corrected chi connectivity index (χ3v) is 4.62. The summed E-state index contributed by atoms with van der Waals surface area (Å²) in [6.45, 7) is 0.879. The number of hydrogen-bond donors (Lipinski definition) is 1. The van der Waals surface area contributed by atoms with Crippen LogP contribution in [-0.2, 0) is 11.3 Å². The van der Waals surface area contributed by atoms with Crippen LogP contribution < -0.4 is 0 Å². The molecule has 1 saturated heterocycles. The van der Waals surface area contributed by atoms with Gasteiger partial charge in [0, 0.05) is 12.6 Å². The molecule has 7 nitrogen and oxygen atoms in total. The molecule has 21 heavy (non-hydrogen) atoms. The zero-order valence-electron chi connectivity index (χ0n) is 11.9. The van der Waals surface area contributed by atoms with E-state index in [1.807, 2.05) is 4.90 Å². The molecule has 1 aliphatic carbocycles. The number of carbonyl (C=O) groups excluding carboxylic acids is 1. The van der Waals surface area contributed by atoms with E-state index in [1.165, 1.54) is 36.6 Å². The molecule has 1 N–H and O–H groups in total. The Balaban J connectivity index is 1.67. The summed E-state index contributed by atoms with van der Waals surface area (Å²) < 4.78 is 1.32. The Labute approximate surface area is 122 Å². The normalized spacial score (nSPS) is 25.4. The van der Waals surface area contributed by atoms with E-state index >= 15 is 0 Å². The topological polar surface area (TPSA) is 88.3 Å². The minimum atomic E-state index is -1.13. The maximum Gasteiger partial charge on any atom is 0.358 e. The van der Waals surface area contributed by atoms with Gasteiger partial charge in [-0.1, -0.05) is 18.1 Å². The molecule has 2 atom stereocenters. The van der Waals surface area contributed by atoms with Gasteiger partial charge in [0.25, 0.3) is 0 Å². The highest BCUT2D eigenvalue weighted by molar-refractivity contribution is 5.84. The Kier molecular flexibility index (Phi) is 3.90. The predicted molar refractivity (Wildman–Crippen MR) is 73.7 cm³/mol. The minimum absolute atomic E-state index is 0.0217. The average Bonchev–Trinajstić information content (AvgIpc) is 2.95. The molecular weight excluding hydrogens is 272 g/mol. The molecule has 0 aromatic carbocycles. The summed E-state index contributed by atoms with van der Waals surface area (Å²) in [6.07, 6.45) is 8.37. The van der Waals surface area contributed by atoms with E-state index in [-0.39, 0.29) is 18.1 Å². The van der Waals surface area contributed by atoms with Gasteiger partial charge in [0.1, 0.15) is 6.54 Å². The van der Waals surface area contributed by atoms with Gasteiger partial charge in [-0.3, -0.25) is 4.79 Å². The highest BCUT2D eigenvalue weighted by atomic mass is 16.4. The van der Waals surface area contributed by atoms with Gasteiger partial charge in [0.2, 0.25) is 5.91 Å². The molecule has 1 aromatic rings. The van der Waals surface area contributed by atoms with Crippen molar-refractivity contribution in [3.63, 3.8) is 0 Å². The number of amides is 1. The second-order valence-electron chi connectivity index (χ2n) is 5.95. The summed E-state index contributed by atoms with van der Waals surface area (Å²) in [4.78, 5) is 25.3. The van der Waals surface area contributed by atoms with E-state index in [2.05, 4.69) is 10.3 Å². The fourth-order valence-electron chi connectivity index (χ4n) is 3.64. The minimum Gasteiger partial charge on any atom is -0.476 e. The van der Waals surface area contributed by atoms with Crippen LogP contribution in [-0.4, -0.2) is 49.5 Å². The third-order valence-electron chi connectivity index (χ3n) is 4.62. The summed E-state index contributed by atoms with van der Waals surface area (Å²) in [5.41, 5.74) is -0.128. The first-order valence-electron chi connectivity index (χ1n) is 7.58. The Hall–Kier alpha value is -1.92. The number of piperidine rings is 1. The summed E-state index contributed by atoms with van der Waals surface area (Å²) in [7, 11) is 0. The van der Waals surface area contributed by atoms with E-state index in [4.69, 9.17) is 5.11 Å². The monoisotopic (exact) mass is 292 g/mol. The van der Waals surface area contributed by atoms with E-state index < -0.39 is 5.97 Å². The van der Waals surface area contributed by atoms with E-state index in [1.54, 1.807) is 0 Å². The van der Waals surface area contributed by atoms with Crippen LogP contribution in [0.4, 0.5) is 0 Å². The van der Waals surface area contributed by atoms with Crippen molar-refractivity contribution in [3.05, 3.63) is 11.9 Å². The standard InChI is InChI=1S/C14H20N4O3/c19-13(9-17-8-11(14(20)21)15-16-17)18-7-3-5-10-4-1-2-6-12(10)18/h8,10,12H,1-7,9H2,(H,20,21)/t10-,12-/m1/s1. The van der Waals surface area contributed by atoms with Crippen molar-refractivity contribution in [1.82, 2.24) is 19.9 Å². The lowest BCUT2D eigenvalue weighted by molar-refractivity contribution is -0.138. The maximum atomic E-state index is 12.5. The van der Waals surface area contributed by atoms with Crippen LogP contribution in [0.15, 0.2) is 6.20 Å². The van der Waals surface area contributed by atoms with Crippen molar-refractivity contribution in [2.75, 3.05) is 6.54 Å². The molecule has 0 bridgehead atoms. The third kappa shape index (κ3) is 2.91. The molecule has 1 aliphatic heterocycles. The number of aromatic carboxylic acids is 1. The van der Waals surface area contributed by atoms with E-state index in [0.717, 1.165) is 19.4 Å². The second kappa shape index (κ2) is 5.83. The van der Waals surface area contributed by atoms with Crippen LogP contribution in [0, 0.1) is 5.92 Å². The molecule has 0 unspecified atom stereocenters. The van der Waals surface area contributed by atoms with Crippen LogP contribution in [0.5, 0.6) is 0 Å². The number of carbonyl (C=O) groups is 2.